The third-order valence-electron chi connectivity index (χ3n) is 2.57. The summed E-state index contributed by atoms with van der Waals surface area (Å²) >= 11 is 0. The monoisotopic (exact) mass is 255 g/mol. The average molecular weight is 255 g/mol. The maximum absolute atomic E-state index is 11.3. The molecule has 1 N–H and O–H groups in total. The Morgan fingerprint density at radius 2 is 1.84 bits per heavy atom. The van der Waals surface area contributed by atoms with Gasteiger partial charge in [0.1, 0.15) is 11.4 Å². The van der Waals surface area contributed by atoms with Crippen LogP contribution in [0.25, 0.3) is 0 Å². The molecule has 0 aromatic heterocycles. The Kier molecular flexibility index (Phi) is 3.93. The number of esters is 1. The molecule has 96 valence electrons. The van der Waals surface area contributed by atoms with E-state index in [4.69, 9.17) is 0 Å². The van der Waals surface area contributed by atoms with Crippen LogP contribution in [0.15, 0.2) is 53.5 Å². The minimum atomic E-state index is -0.371. The number of aromatic hydroxyl groups is 1. The molecule has 0 saturated carbocycles. The van der Waals surface area contributed by atoms with Crippen LogP contribution in [0.5, 0.6) is 5.75 Å². The van der Waals surface area contributed by atoms with Gasteiger partial charge in [0.25, 0.3) is 0 Å². The molecule has 0 heterocycles. The summed E-state index contributed by atoms with van der Waals surface area (Å²) < 4.78 is 4.62. The number of ether oxygens (including phenoxy) is 1. The van der Waals surface area contributed by atoms with Crippen molar-refractivity contribution in [1.29, 1.82) is 0 Å². The van der Waals surface area contributed by atoms with Crippen molar-refractivity contribution in [3.05, 3.63) is 59.7 Å². The number of rotatable bonds is 3. The molecule has 19 heavy (non-hydrogen) atoms. The zero-order valence-electron chi connectivity index (χ0n) is 10.4. The molecule has 0 aliphatic rings. The highest BCUT2D eigenvalue weighted by atomic mass is 16.5. The molecule has 0 bridgehead atoms. The maximum atomic E-state index is 11.3. The largest absolute Gasteiger partial charge is 0.506 e. The predicted octanol–water partition coefficient (Wildman–Crippen LogP) is 2.93. The highest BCUT2D eigenvalue weighted by Gasteiger charge is 2.03. The molecule has 2 aromatic rings. The lowest BCUT2D eigenvalue weighted by atomic mass is 10.1. The second-order valence-corrected chi connectivity index (χ2v) is 3.86. The summed E-state index contributed by atoms with van der Waals surface area (Å²) in [5.41, 5.74) is 1.82. The van der Waals surface area contributed by atoms with E-state index in [0.717, 1.165) is 5.56 Å². The normalized spacial score (nSPS) is 10.6. The van der Waals surface area contributed by atoms with Crippen LogP contribution in [-0.4, -0.2) is 24.4 Å². The van der Waals surface area contributed by atoms with E-state index in [9.17, 15) is 9.90 Å². The standard InChI is InChI=1S/C15H13NO3/c1-19-15(18)12-8-6-11(7-9-12)10-16-13-4-2-3-5-14(13)17/h2-10,17H,1H3. The number of hydrogen-bond donors (Lipinski definition) is 1. The van der Waals surface area contributed by atoms with Crippen molar-refractivity contribution in [2.45, 2.75) is 0 Å². The number of phenols is 1. The molecular weight excluding hydrogens is 242 g/mol. The van der Waals surface area contributed by atoms with E-state index in [2.05, 4.69) is 9.73 Å². The molecule has 2 aromatic carbocycles. The van der Waals surface area contributed by atoms with Crippen LogP contribution in [-0.2, 0) is 4.74 Å². The fraction of sp³-hybridized carbons (Fsp3) is 0.0667. The molecule has 0 spiro atoms. The summed E-state index contributed by atoms with van der Waals surface area (Å²) in [4.78, 5) is 15.4. The molecule has 4 nitrogen and oxygen atoms in total. The molecule has 0 unspecified atom stereocenters. The van der Waals surface area contributed by atoms with Gasteiger partial charge >= 0.3 is 5.97 Å². The van der Waals surface area contributed by atoms with Gasteiger partial charge in [0.2, 0.25) is 0 Å². The first-order valence-corrected chi connectivity index (χ1v) is 5.71. The molecule has 0 saturated heterocycles. The number of para-hydroxylation sites is 2. The van der Waals surface area contributed by atoms with Gasteiger partial charge in [0, 0.05) is 6.21 Å². The van der Waals surface area contributed by atoms with Crippen LogP contribution >= 0.6 is 0 Å². The van der Waals surface area contributed by atoms with Crippen molar-refractivity contribution in [2.24, 2.45) is 4.99 Å². The van der Waals surface area contributed by atoms with E-state index in [0.29, 0.717) is 11.3 Å². The zero-order chi connectivity index (χ0) is 13.7. The van der Waals surface area contributed by atoms with Crippen molar-refractivity contribution >= 4 is 17.9 Å². The Morgan fingerprint density at radius 1 is 1.16 bits per heavy atom. The number of aliphatic imine (C=N–C) groups is 1. The minimum Gasteiger partial charge on any atom is -0.506 e. The third-order valence-corrected chi connectivity index (χ3v) is 2.57. The number of methoxy groups -OCH3 is 1. The Labute approximate surface area is 111 Å². The van der Waals surface area contributed by atoms with Crippen LogP contribution < -0.4 is 0 Å². The van der Waals surface area contributed by atoms with Gasteiger partial charge in [-0.25, -0.2) is 4.79 Å². The summed E-state index contributed by atoms with van der Waals surface area (Å²) in [5, 5.41) is 9.56. The molecule has 0 amide bonds. The topological polar surface area (TPSA) is 58.9 Å². The van der Waals surface area contributed by atoms with Gasteiger partial charge in [-0.15, -0.1) is 0 Å². The van der Waals surface area contributed by atoms with Crippen LogP contribution in [0.2, 0.25) is 0 Å². The number of benzene rings is 2. The molecule has 0 radical (unpaired) electrons. The average Bonchev–Trinajstić information content (AvgIpc) is 2.46. The number of phenolic OH excluding ortho intramolecular Hbond substituents is 1. The van der Waals surface area contributed by atoms with Crippen LogP contribution in [0.3, 0.4) is 0 Å². The van der Waals surface area contributed by atoms with Crippen molar-refractivity contribution in [3.63, 3.8) is 0 Å². The smallest absolute Gasteiger partial charge is 0.337 e. The van der Waals surface area contributed by atoms with E-state index in [1.165, 1.54) is 7.11 Å². The zero-order valence-corrected chi connectivity index (χ0v) is 10.4. The summed E-state index contributed by atoms with van der Waals surface area (Å²) in [6.07, 6.45) is 1.62. The molecule has 0 fully saturated rings. The van der Waals surface area contributed by atoms with E-state index in [1.54, 1.807) is 54.7 Å². The second kappa shape index (κ2) is 5.82. The quantitative estimate of drug-likeness (QED) is 0.677. The van der Waals surface area contributed by atoms with Gasteiger partial charge < -0.3 is 9.84 Å². The van der Waals surface area contributed by atoms with Crippen LogP contribution in [0.4, 0.5) is 5.69 Å². The maximum Gasteiger partial charge on any atom is 0.337 e. The summed E-state index contributed by atoms with van der Waals surface area (Å²) in [6, 6.07) is 13.7. The van der Waals surface area contributed by atoms with E-state index >= 15 is 0 Å². The fourth-order valence-corrected chi connectivity index (χ4v) is 1.54. The molecule has 0 atom stereocenters. The van der Waals surface area contributed by atoms with Crippen molar-refractivity contribution in [3.8, 4) is 5.75 Å². The summed E-state index contributed by atoms with van der Waals surface area (Å²) in [7, 11) is 1.34. The van der Waals surface area contributed by atoms with Crippen LogP contribution in [0.1, 0.15) is 15.9 Å². The van der Waals surface area contributed by atoms with E-state index < -0.39 is 0 Å². The van der Waals surface area contributed by atoms with E-state index in [1.807, 2.05) is 0 Å². The lowest BCUT2D eigenvalue weighted by Crippen LogP contribution is -2.00. The van der Waals surface area contributed by atoms with Gasteiger partial charge in [-0.3, -0.25) is 4.99 Å². The van der Waals surface area contributed by atoms with E-state index in [-0.39, 0.29) is 11.7 Å². The molecule has 0 aliphatic heterocycles. The lowest BCUT2D eigenvalue weighted by molar-refractivity contribution is 0.0600. The third kappa shape index (κ3) is 3.19. The number of hydrogen-bond acceptors (Lipinski definition) is 4. The molecule has 0 aliphatic carbocycles. The summed E-state index contributed by atoms with van der Waals surface area (Å²) in [5.74, 6) is -0.242. The fourth-order valence-electron chi connectivity index (χ4n) is 1.54. The van der Waals surface area contributed by atoms with Crippen molar-refractivity contribution in [2.75, 3.05) is 7.11 Å². The first-order valence-electron chi connectivity index (χ1n) is 5.71. The Balaban J connectivity index is 2.16. The van der Waals surface area contributed by atoms with Gasteiger partial charge in [0.15, 0.2) is 0 Å². The van der Waals surface area contributed by atoms with Gasteiger partial charge in [0.05, 0.1) is 12.7 Å². The Morgan fingerprint density at radius 3 is 2.47 bits per heavy atom. The van der Waals surface area contributed by atoms with Gasteiger partial charge in [-0.2, -0.15) is 0 Å². The molecule has 4 heteroatoms. The number of nitrogens with zero attached hydrogens (tertiary/aromatic N) is 1. The predicted molar refractivity (Wildman–Crippen MR) is 73.1 cm³/mol. The first-order chi connectivity index (χ1) is 9.20. The molecule has 2 rings (SSSR count). The van der Waals surface area contributed by atoms with Crippen molar-refractivity contribution in [1.82, 2.24) is 0 Å². The lowest BCUT2D eigenvalue weighted by Gasteiger charge is -2.00. The number of carbonyl (C=O) groups is 1. The minimum absolute atomic E-state index is 0.130. The highest BCUT2D eigenvalue weighted by molar-refractivity contribution is 5.91. The van der Waals surface area contributed by atoms with Gasteiger partial charge in [-0.1, -0.05) is 24.3 Å². The summed E-state index contributed by atoms with van der Waals surface area (Å²) in [6.45, 7) is 0. The highest BCUT2D eigenvalue weighted by Crippen LogP contribution is 2.24. The van der Waals surface area contributed by atoms with Gasteiger partial charge in [-0.05, 0) is 29.8 Å². The Bertz CT molecular complexity index is 603. The van der Waals surface area contributed by atoms with Crippen LogP contribution in [0, 0.1) is 0 Å². The van der Waals surface area contributed by atoms with Crippen molar-refractivity contribution < 1.29 is 14.6 Å². The SMILES string of the molecule is COC(=O)c1ccc(C=Nc2ccccc2O)cc1. The second-order valence-electron chi connectivity index (χ2n) is 3.86. The molecular formula is C15H13NO3. The Hall–Kier alpha value is -2.62. The first kappa shape index (κ1) is 12.8. The number of carbonyl (C=O) groups excluding carboxylic acids is 1.